The lowest BCUT2D eigenvalue weighted by atomic mass is 9.59. The monoisotopic (exact) mass is 291 g/mol. The van der Waals surface area contributed by atoms with E-state index >= 15 is 0 Å². The summed E-state index contributed by atoms with van der Waals surface area (Å²) in [7, 11) is 0. The van der Waals surface area contributed by atoms with Crippen LogP contribution < -0.4 is 5.32 Å². The van der Waals surface area contributed by atoms with E-state index in [-0.39, 0.29) is 16.7 Å². The third-order valence-electron chi connectivity index (χ3n) is 6.34. The van der Waals surface area contributed by atoms with E-state index in [0.29, 0.717) is 24.6 Å². The summed E-state index contributed by atoms with van der Waals surface area (Å²) in [5.41, 5.74) is -0.814. The number of carbonyl (C=O) groups is 1. The molecule has 21 heavy (non-hydrogen) atoms. The molecule has 1 amide bonds. The highest BCUT2D eigenvalue weighted by Gasteiger charge is 2.67. The van der Waals surface area contributed by atoms with Gasteiger partial charge < -0.3 is 14.8 Å². The maximum atomic E-state index is 11.9. The van der Waals surface area contributed by atoms with Crippen molar-refractivity contribution in [2.45, 2.75) is 52.1 Å². The van der Waals surface area contributed by atoms with Gasteiger partial charge in [-0.05, 0) is 54.6 Å². The van der Waals surface area contributed by atoms with Crippen LogP contribution in [0, 0.1) is 16.7 Å². The maximum Gasteiger partial charge on any atom is 0.286 e. The standard InChI is InChI=1S/C17H25NO3/c1-15(2)12-6-7-16(3,11-12)17(15,20)8-9-18-14(19)13-5-4-10-21-13/h4-5,10,12,20H,6-9,11H2,1-3H3,(H,18,19)/t12-,16+,17-/m0/s1. The zero-order chi connectivity index (χ0) is 15.3. The van der Waals surface area contributed by atoms with E-state index in [1.807, 2.05) is 0 Å². The van der Waals surface area contributed by atoms with E-state index in [1.54, 1.807) is 12.1 Å². The van der Waals surface area contributed by atoms with E-state index in [9.17, 15) is 9.90 Å². The molecule has 1 aromatic heterocycles. The number of carbonyl (C=O) groups excluding carboxylic acids is 1. The van der Waals surface area contributed by atoms with E-state index in [1.165, 1.54) is 12.7 Å². The van der Waals surface area contributed by atoms with Crippen LogP contribution >= 0.6 is 0 Å². The van der Waals surface area contributed by atoms with Crippen molar-refractivity contribution in [3.8, 4) is 0 Å². The molecule has 0 aromatic carbocycles. The summed E-state index contributed by atoms with van der Waals surface area (Å²) in [6.07, 6.45) is 5.49. The van der Waals surface area contributed by atoms with Gasteiger partial charge >= 0.3 is 0 Å². The summed E-state index contributed by atoms with van der Waals surface area (Å²) < 4.78 is 5.08. The fraction of sp³-hybridized carbons (Fsp3) is 0.706. The quantitative estimate of drug-likeness (QED) is 0.896. The topological polar surface area (TPSA) is 62.5 Å². The van der Waals surface area contributed by atoms with Gasteiger partial charge in [0.05, 0.1) is 11.9 Å². The lowest BCUT2D eigenvalue weighted by Crippen LogP contribution is -2.55. The van der Waals surface area contributed by atoms with Crippen LogP contribution in [0.5, 0.6) is 0 Å². The Bertz CT molecular complexity index is 529. The average Bonchev–Trinajstić information content (AvgIpc) is 3.09. The van der Waals surface area contributed by atoms with Crippen molar-refractivity contribution in [3.63, 3.8) is 0 Å². The fourth-order valence-corrected chi connectivity index (χ4v) is 4.82. The van der Waals surface area contributed by atoms with E-state index in [2.05, 4.69) is 26.1 Å². The molecule has 0 saturated heterocycles. The van der Waals surface area contributed by atoms with Crippen molar-refractivity contribution in [1.82, 2.24) is 5.32 Å². The van der Waals surface area contributed by atoms with Gasteiger partial charge in [-0.3, -0.25) is 4.79 Å². The van der Waals surface area contributed by atoms with Crippen LogP contribution in [0.2, 0.25) is 0 Å². The first-order valence-electron chi connectivity index (χ1n) is 7.84. The molecule has 4 nitrogen and oxygen atoms in total. The molecule has 0 radical (unpaired) electrons. The van der Waals surface area contributed by atoms with Gasteiger partial charge in [0.2, 0.25) is 0 Å². The van der Waals surface area contributed by atoms with Gasteiger partial charge in [0.25, 0.3) is 5.91 Å². The second-order valence-electron chi connectivity index (χ2n) is 7.57. The zero-order valence-electron chi connectivity index (χ0n) is 13.1. The summed E-state index contributed by atoms with van der Waals surface area (Å²) in [4.78, 5) is 11.9. The third kappa shape index (κ3) is 1.95. The van der Waals surface area contributed by atoms with Crippen molar-refractivity contribution in [1.29, 1.82) is 0 Å². The molecule has 3 atom stereocenters. The Morgan fingerprint density at radius 3 is 2.81 bits per heavy atom. The van der Waals surface area contributed by atoms with Crippen LogP contribution in [0.1, 0.15) is 57.0 Å². The van der Waals surface area contributed by atoms with Gasteiger partial charge in [-0.1, -0.05) is 20.8 Å². The highest BCUT2D eigenvalue weighted by atomic mass is 16.3. The van der Waals surface area contributed by atoms with Crippen LogP contribution in [0.15, 0.2) is 22.8 Å². The molecule has 0 unspecified atom stereocenters. The second kappa shape index (κ2) is 4.60. The minimum atomic E-state index is -0.709. The largest absolute Gasteiger partial charge is 0.459 e. The number of nitrogens with one attached hydrogen (secondary N) is 1. The molecule has 2 bridgehead atoms. The van der Waals surface area contributed by atoms with Crippen molar-refractivity contribution in [2.75, 3.05) is 6.54 Å². The number of aliphatic hydroxyl groups is 1. The maximum absolute atomic E-state index is 11.9. The lowest BCUT2D eigenvalue weighted by Gasteiger charge is -2.51. The first-order valence-corrected chi connectivity index (χ1v) is 7.84. The summed E-state index contributed by atoms with van der Waals surface area (Å²) in [5, 5.41) is 14.2. The lowest BCUT2D eigenvalue weighted by molar-refractivity contribution is -0.146. The van der Waals surface area contributed by atoms with Gasteiger partial charge in [-0.15, -0.1) is 0 Å². The zero-order valence-corrected chi connectivity index (χ0v) is 13.1. The highest BCUT2D eigenvalue weighted by Crippen LogP contribution is 2.68. The molecule has 4 heteroatoms. The molecule has 0 aliphatic heterocycles. The number of fused-ring (bicyclic) bond motifs is 2. The smallest absolute Gasteiger partial charge is 0.286 e. The highest BCUT2D eigenvalue weighted by molar-refractivity contribution is 5.91. The fourth-order valence-electron chi connectivity index (χ4n) is 4.82. The Morgan fingerprint density at radius 1 is 1.48 bits per heavy atom. The Labute approximate surface area is 125 Å². The molecule has 2 fully saturated rings. The van der Waals surface area contributed by atoms with Crippen LogP contribution in [-0.4, -0.2) is 23.2 Å². The Hall–Kier alpha value is -1.29. The number of furan rings is 1. The summed E-state index contributed by atoms with van der Waals surface area (Å²) in [6, 6.07) is 3.34. The van der Waals surface area contributed by atoms with Crippen molar-refractivity contribution in [3.05, 3.63) is 24.2 Å². The first kappa shape index (κ1) is 14.6. The van der Waals surface area contributed by atoms with Crippen molar-refractivity contribution in [2.24, 2.45) is 16.7 Å². The average molecular weight is 291 g/mol. The molecular formula is C17H25NO3. The first-order chi connectivity index (χ1) is 9.80. The molecule has 2 aliphatic rings. The molecule has 116 valence electrons. The SMILES string of the molecule is CC1(C)[C@H]2CC[C@](C)(C2)[C@]1(O)CCNC(=O)c1ccco1. The van der Waals surface area contributed by atoms with Gasteiger partial charge in [0, 0.05) is 6.54 Å². The molecular weight excluding hydrogens is 266 g/mol. The number of hydrogen-bond donors (Lipinski definition) is 2. The Kier molecular flexibility index (Phi) is 3.21. The molecule has 2 N–H and O–H groups in total. The van der Waals surface area contributed by atoms with Crippen LogP contribution in [-0.2, 0) is 0 Å². The Morgan fingerprint density at radius 2 is 2.24 bits per heavy atom. The van der Waals surface area contributed by atoms with Crippen molar-refractivity contribution >= 4 is 5.91 Å². The van der Waals surface area contributed by atoms with Crippen LogP contribution in [0.25, 0.3) is 0 Å². The molecule has 2 aliphatic carbocycles. The minimum Gasteiger partial charge on any atom is -0.459 e. The number of amides is 1. The summed E-state index contributed by atoms with van der Waals surface area (Å²) in [6.45, 7) is 7.03. The van der Waals surface area contributed by atoms with Crippen LogP contribution in [0.3, 0.4) is 0 Å². The van der Waals surface area contributed by atoms with Gasteiger partial charge in [-0.2, -0.15) is 0 Å². The summed E-state index contributed by atoms with van der Waals surface area (Å²) in [5.74, 6) is 0.698. The number of rotatable bonds is 4. The van der Waals surface area contributed by atoms with Crippen LogP contribution in [0.4, 0.5) is 0 Å². The Balaban J connectivity index is 1.66. The molecule has 3 rings (SSSR count). The minimum absolute atomic E-state index is 0.0173. The van der Waals surface area contributed by atoms with Crippen molar-refractivity contribution < 1.29 is 14.3 Å². The second-order valence-corrected chi connectivity index (χ2v) is 7.57. The number of hydrogen-bond acceptors (Lipinski definition) is 3. The molecule has 1 heterocycles. The third-order valence-corrected chi connectivity index (χ3v) is 6.34. The van der Waals surface area contributed by atoms with Gasteiger partial charge in [0.1, 0.15) is 0 Å². The van der Waals surface area contributed by atoms with Gasteiger partial charge in [-0.25, -0.2) is 0 Å². The molecule has 1 aromatic rings. The predicted molar refractivity (Wildman–Crippen MR) is 79.8 cm³/mol. The van der Waals surface area contributed by atoms with Gasteiger partial charge in [0.15, 0.2) is 5.76 Å². The molecule has 0 spiro atoms. The van der Waals surface area contributed by atoms with E-state index in [4.69, 9.17) is 4.42 Å². The van der Waals surface area contributed by atoms with E-state index in [0.717, 1.165) is 12.8 Å². The predicted octanol–water partition coefficient (Wildman–Crippen LogP) is 2.98. The normalized spacial score (nSPS) is 36.9. The molecule has 2 saturated carbocycles. The summed E-state index contributed by atoms with van der Waals surface area (Å²) >= 11 is 0. The van der Waals surface area contributed by atoms with E-state index < -0.39 is 5.60 Å².